The zero-order valence-corrected chi connectivity index (χ0v) is 13.4. The van der Waals surface area contributed by atoms with E-state index in [1.807, 2.05) is 72.8 Å². The highest BCUT2D eigenvalue weighted by Gasteiger charge is 2.15. The van der Waals surface area contributed by atoms with Crippen molar-refractivity contribution in [2.45, 2.75) is 13.1 Å². The number of nitrogens with one attached hydrogen (secondary N) is 1. The largest absolute Gasteiger partial charge is 0.468 e. The average molecular weight is 320 g/mol. The summed E-state index contributed by atoms with van der Waals surface area (Å²) in [4.78, 5) is 14.5. The maximum absolute atomic E-state index is 12.7. The van der Waals surface area contributed by atoms with Crippen LogP contribution in [0.3, 0.4) is 0 Å². The van der Waals surface area contributed by atoms with Gasteiger partial charge in [-0.3, -0.25) is 4.79 Å². The number of para-hydroxylation sites is 1. The molecule has 0 saturated heterocycles. The van der Waals surface area contributed by atoms with Gasteiger partial charge in [-0.05, 0) is 29.8 Å². The van der Waals surface area contributed by atoms with Gasteiger partial charge in [0.15, 0.2) is 0 Å². The number of rotatable bonds is 7. The van der Waals surface area contributed by atoms with Gasteiger partial charge in [-0.1, -0.05) is 48.5 Å². The molecule has 1 N–H and O–H groups in total. The summed E-state index contributed by atoms with van der Waals surface area (Å²) in [6.45, 7) is 1.33. The van der Waals surface area contributed by atoms with Crippen molar-refractivity contribution in [1.82, 2.24) is 5.32 Å². The minimum atomic E-state index is 0.0246. The predicted octanol–water partition coefficient (Wildman–Crippen LogP) is 3.60. The first-order chi connectivity index (χ1) is 11.8. The standard InChI is InChI=1S/C20H20N2O2/c23-20(15-21-14-19-12-7-13-24-19)22(18-10-5-2-6-11-18)16-17-8-3-1-4-9-17/h1-13,21H,14-16H2. The third kappa shape index (κ3) is 4.33. The molecule has 3 aromatic rings. The van der Waals surface area contributed by atoms with E-state index in [4.69, 9.17) is 4.42 Å². The first-order valence-electron chi connectivity index (χ1n) is 7.95. The molecule has 0 fully saturated rings. The topological polar surface area (TPSA) is 45.5 Å². The molecule has 0 spiro atoms. The first kappa shape index (κ1) is 16.0. The Morgan fingerprint density at radius 3 is 2.29 bits per heavy atom. The van der Waals surface area contributed by atoms with Crippen LogP contribution in [0.4, 0.5) is 5.69 Å². The fourth-order valence-corrected chi connectivity index (χ4v) is 2.50. The van der Waals surface area contributed by atoms with E-state index < -0.39 is 0 Å². The van der Waals surface area contributed by atoms with Crippen LogP contribution in [0.2, 0.25) is 0 Å². The SMILES string of the molecule is O=C(CNCc1ccco1)N(Cc1ccccc1)c1ccccc1. The van der Waals surface area contributed by atoms with Gasteiger partial charge in [0.25, 0.3) is 0 Å². The third-order valence-electron chi connectivity index (χ3n) is 3.71. The van der Waals surface area contributed by atoms with Crippen molar-refractivity contribution >= 4 is 11.6 Å². The lowest BCUT2D eigenvalue weighted by Crippen LogP contribution is -2.37. The Hall–Kier alpha value is -2.85. The minimum Gasteiger partial charge on any atom is -0.468 e. The van der Waals surface area contributed by atoms with Crippen LogP contribution in [0.1, 0.15) is 11.3 Å². The molecule has 24 heavy (non-hydrogen) atoms. The molecule has 0 radical (unpaired) electrons. The lowest BCUT2D eigenvalue weighted by Gasteiger charge is -2.23. The van der Waals surface area contributed by atoms with Crippen molar-refractivity contribution in [3.63, 3.8) is 0 Å². The monoisotopic (exact) mass is 320 g/mol. The fourth-order valence-electron chi connectivity index (χ4n) is 2.50. The van der Waals surface area contributed by atoms with Crippen LogP contribution >= 0.6 is 0 Å². The van der Waals surface area contributed by atoms with E-state index in [9.17, 15) is 4.79 Å². The van der Waals surface area contributed by atoms with E-state index in [0.717, 1.165) is 17.0 Å². The van der Waals surface area contributed by atoms with Gasteiger partial charge in [-0.15, -0.1) is 0 Å². The molecular weight excluding hydrogens is 300 g/mol. The van der Waals surface area contributed by atoms with Crippen molar-refractivity contribution in [3.8, 4) is 0 Å². The molecule has 4 nitrogen and oxygen atoms in total. The summed E-state index contributed by atoms with van der Waals surface area (Å²) in [5.74, 6) is 0.841. The highest BCUT2D eigenvalue weighted by molar-refractivity contribution is 5.94. The molecule has 0 bridgehead atoms. The van der Waals surface area contributed by atoms with Crippen molar-refractivity contribution in [3.05, 3.63) is 90.4 Å². The van der Waals surface area contributed by atoms with E-state index in [1.54, 1.807) is 11.2 Å². The quantitative estimate of drug-likeness (QED) is 0.723. The van der Waals surface area contributed by atoms with Gasteiger partial charge < -0.3 is 14.6 Å². The second-order valence-corrected chi connectivity index (χ2v) is 5.48. The highest BCUT2D eigenvalue weighted by Crippen LogP contribution is 2.17. The zero-order valence-electron chi connectivity index (χ0n) is 13.4. The van der Waals surface area contributed by atoms with Gasteiger partial charge in [-0.2, -0.15) is 0 Å². The normalized spacial score (nSPS) is 10.5. The number of carbonyl (C=O) groups is 1. The summed E-state index contributed by atoms with van der Waals surface area (Å²) in [5, 5.41) is 3.14. The van der Waals surface area contributed by atoms with E-state index >= 15 is 0 Å². The molecule has 2 aromatic carbocycles. The molecule has 1 heterocycles. The molecule has 4 heteroatoms. The Morgan fingerprint density at radius 1 is 0.917 bits per heavy atom. The van der Waals surface area contributed by atoms with Crippen molar-refractivity contribution < 1.29 is 9.21 Å². The Kier molecular flexibility index (Phi) is 5.43. The highest BCUT2D eigenvalue weighted by atomic mass is 16.3. The van der Waals surface area contributed by atoms with Gasteiger partial charge in [0.05, 0.1) is 25.9 Å². The summed E-state index contributed by atoms with van der Waals surface area (Å²) < 4.78 is 5.27. The average Bonchev–Trinajstić information content (AvgIpc) is 3.15. The number of anilines is 1. The predicted molar refractivity (Wildman–Crippen MR) is 94.5 cm³/mol. The second kappa shape index (κ2) is 8.13. The number of furan rings is 1. The molecule has 1 amide bonds. The number of nitrogens with zero attached hydrogens (tertiary/aromatic N) is 1. The zero-order chi connectivity index (χ0) is 16.6. The molecule has 122 valence electrons. The summed E-state index contributed by atoms with van der Waals surface area (Å²) in [7, 11) is 0. The summed E-state index contributed by atoms with van der Waals surface area (Å²) in [6, 6.07) is 23.5. The molecule has 0 saturated carbocycles. The molecule has 0 atom stereocenters. The number of benzene rings is 2. The first-order valence-corrected chi connectivity index (χ1v) is 7.95. The van der Waals surface area contributed by atoms with Crippen LogP contribution in [0.25, 0.3) is 0 Å². The lowest BCUT2D eigenvalue weighted by molar-refractivity contribution is -0.118. The maximum atomic E-state index is 12.7. The summed E-state index contributed by atoms with van der Waals surface area (Å²) in [5.41, 5.74) is 1.99. The van der Waals surface area contributed by atoms with Crippen LogP contribution < -0.4 is 10.2 Å². The van der Waals surface area contributed by atoms with Crippen molar-refractivity contribution in [2.75, 3.05) is 11.4 Å². The summed E-state index contributed by atoms with van der Waals surface area (Å²) in [6.07, 6.45) is 1.63. The van der Waals surface area contributed by atoms with Crippen LogP contribution in [-0.4, -0.2) is 12.5 Å². The Bertz CT molecular complexity index is 740. The van der Waals surface area contributed by atoms with Crippen molar-refractivity contribution in [1.29, 1.82) is 0 Å². The Labute approximate surface area is 141 Å². The van der Waals surface area contributed by atoms with Crippen LogP contribution in [0.15, 0.2) is 83.5 Å². The minimum absolute atomic E-state index is 0.0246. The van der Waals surface area contributed by atoms with Crippen molar-refractivity contribution in [2.24, 2.45) is 0 Å². The van der Waals surface area contributed by atoms with E-state index in [-0.39, 0.29) is 12.5 Å². The van der Waals surface area contributed by atoms with Crippen LogP contribution in [0, 0.1) is 0 Å². The van der Waals surface area contributed by atoms with Gasteiger partial charge in [-0.25, -0.2) is 0 Å². The molecule has 0 unspecified atom stereocenters. The van der Waals surface area contributed by atoms with Crippen LogP contribution in [0.5, 0.6) is 0 Å². The molecule has 0 aliphatic heterocycles. The van der Waals surface area contributed by atoms with Gasteiger partial charge in [0, 0.05) is 5.69 Å². The summed E-state index contributed by atoms with van der Waals surface area (Å²) >= 11 is 0. The molecule has 0 aliphatic rings. The third-order valence-corrected chi connectivity index (χ3v) is 3.71. The molecule has 0 aliphatic carbocycles. The fraction of sp³-hybridized carbons (Fsp3) is 0.150. The Balaban J connectivity index is 1.68. The number of carbonyl (C=O) groups excluding carboxylic acids is 1. The molecular formula is C20H20N2O2. The maximum Gasteiger partial charge on any atom is 0.241 e. The van der Waals surface area contributed by atoms with E-state index in [0.29, 0.717) is 13.1 Å². The van der Waals surface area contributed by atoms with E-state index in [1.165, 1.54) is 0 Å². The lowest BCUT2D eigenvalue weighted by atomic mass is 10.2. The molecule has 3 rings (SSSR count). The number of hydrogen-bond donors (Lipinski definition) is 1. The number of hydrogen-bond acceptors (Lipinski definition) is 3. The van der Waals surface area contributed by atoms with Gasteiger partial charge in [0.1, 0.15) is 5.76 Å². The van der Waals surface area contributed by atoms with Gasteiger partial charge >= 0.3 is 0 Å². The number of amides is 1. The van der Waals surface area contributed by atoms with Gasteiger partial charge in [0.2, 0.25) is 5.91 Å². The smallest absolute Gasteiger partial charge is 0.241 e. The van der Waals surface area contributed by atoms with E-state index in [2.05, 4.69) is 5.32 Å². The Morgan fingerprint density at radius 2 is 1.62 bits per heavy atom. The van der Waals surface area contributed by atoms with Crippen LogP contribution in [-0.2, 0) is 17.9 Å². The molecule has 1 aromatic heterocycles. The second-order valence-electron chi connectivity index (χ2n) is 5.48.